The summed E-state index contributed by atoms with van der Waals surface area (Å²) in [5.74, 6) is 1.77. The minimum atomic E-state index is 0.558. The van der Waals surface area contributed by atoms with Gasteiger partial charge in [0.2, 0.25) is 0 Å². The Labute approximate surface area is 312 Å². The smallest absolute Gasteiger partial charge is 0.167 e. The van der Waals surface area contributed by atoms with Crippen LogP contribution in [0.1, 0.15) is 0 Å². The summed E-state index contributed by atoms with van der Waals surface area (Å²) in [7, 11) is 0. The Morgan fingerprint density at radius 1 is 0.370 bits per heavy atom. The van der Waals surface area contributed by atoms with Crippen LogP contribution in [0, 0.1) is 0 Å². The molecular formula is C49H32N4O. The van der Waals surface area contributed by atoms with E-state index in [1.807, 2.05) is 72.8 Å². The summed E-state index contributed by atoms with van der Waals surface area (Å²) in [5, 5.41) is 4.25. The van der Waals surface area contributed by atoms with E-state index in [2.05, 4.69) is 126 Å². The van der Waals surface area contributed by atoms with Crippen LogP contribution < -0.4 is 4.90 Å². The highest BCUT2D eigenvalue weighted by atomic mass is 16.3. The number of anilines is 3. The van der Waals surface area contributed by atoms with E-state index in [9.17, 15) is 0 Å². The average Bonchev–Trinajstić information content (AvgIpc) is 3.64. The van der Waals surface area contributed by atoms with Crippen LogP contribution in [0.5, 0.6) is 0 Å². The van der Waals surface area contributed by atoms with Crippen LogP contribution in [0.15, 0.2) is 199 Å². The molecule has 0 atom stereocenters. The van der Waals surface area contributed by atoms with Gasteiger partial charge in [-0.3, -0.25) is 0 Å². The molecular weight excluding hydrogens is 661 g/mol. The van der Waals surface area contributed by atoms with E-state index >= 15 is 0 Å². The quantitative estimate of drug-likeness (QED) is 0.166. The van der Waals surface area contributed by atoms with E-state index in [0.29, 0.717) is 17.5 Å². The minimum absolute atomic E-state index is 0.558. The minimum Gasteiger partial charge on any atom is -0.455 e. The van der Waals surface area contributed by atoms with Crippen molar-refractivity contribution in [3.8, 4) is 45.3 Å². The van der Waals surface area contributed by atoms with Gasteiger partial charge in [-0.1, -0.05) is 146 Å². The first kappa shape index (κ1) is 31.4. The van der Waals surface area contributed by atoms with Gasteiger partial charge >= 0.3 is 0 Å². The lowest BCUT2D eigenvalue weighted by atomic mass is 9.99. The lowest BCUT2D eigenvalue weighted by Gasteiger charge is -2.25. The lowest BCUT2D eigenvalue weighted by molar-refractivity contribution is 0.670. The SMILES string of the molecule is c1ccc(-c2ccc(N(c3ccccc3)c3ccc4c(c3)oc3c(-c5nc(-c6ccccc6)nc(-c6ccccc6)n5)cc5ccccc5c34)cc2)cc1. The Bertz CT molecular complexity index is 2850. The molecule has 54 heavy (non-hydrogen) atoms. The van der Waals surface area contributed by atoms with Gasteiger partial charge in [-0.15, -0.1) is 0 Å². The molecule has 254 valence electrons. The fraction of sp³-hybridized carbons (Fsp3) is 0. The first-order valence-electron chi connectivity index (χ1n) is 18.0. The number of nitrogens with zero attached hydrogens (tertiary/aromatic N) is 4. The first-order valence-corrected chi connectivity index (χ1v) is 18.0. The second-order valence-electron chi connectivity index (χ2n) is 13.3. The van der Waals surface area contributed by atoms with Crippen LogP contribution in [-0.4, -0.2) is 15.0 Å². The van der Waals surface area contributed by atoms with E-state index in [-0.39, 0.29) is 0 Å². The van der Waals surface area contributed by atoms with Crippen molar-refractivity contribution < 1.29 is 4.42 Å². The lowest BCUT2D eigenvalue weighted by Crippen LogP contribution is -2.09. The molecule has 2 aromatic heterocycles. The summed E-state index contributed by atoms with van der Waals surface area (Å²) in [6, 6.07) is 66.8. The van der Waals surface area contributed by atoms with Crippen LogP contribution >= 0.6 is 0 Å². The van der Waals surface area contributed by atoms with E-state index < -0.39 is 0 Å². The van der Waals surface area contributed by atoms with Gasteiger partial charge in [-0.2, -0.15) is 0 Å². The number of benzene rings is 8. The number of para-hydroxylation sites is 1. The van der Waals surface area contributed by atoms with Gasteiger partial charge in [-0.05, 0) is 64.4 Å². The monoisotopic (exact) mass is 692 g/mol. The maximum absolute atomic E-state index is 6.95. The summed E-state index contributed by atoms with van der Waals surface area (Å²) in [4.78, 5) is 17.4. The summed E-state index contributed by atoms with van der Waals surface area (Å²) in [6.45, 7) is 0. The van der Waals surface area contributed by atoms with Crippen LogP contribution in [0.3, 0.4) is 0 Å². The highest BCUT2D eigenvalue weighted by Crippen LogP contribution is 2.43. The van der Waals surface area contributed by atoms with Crippen LogP contribution in [0.2, 0.25) is 0 Å². The summed E-state index contributed by atoms with van der Waals surface area (Å²) in [5.41, 5.74) is 9.62. The number of fused-ring (bicyclic) bond motifs is 5. The molecule has 2 heterocycles. The molecule has 10 aromatic rings. The van der Waals surface area contributed by atoms with Crippen molar-refractivity contribution in [2.24, 2.45) is 0 Å². The van der Waals surface area contributed by atoms with Crippen molar-refractivity contribution >= 4 is 49.8 Å². The molecule has 0 aliphatic carbocycles. The molecule has 0 saturated carbocycles. The molecule has 10 rings (SSSR count). The third-order valence-electron chi connectivity index (χ3n) is 9.89. The summed E-state index contributed by atoms with van der Waals surface area (Å²) >= 11 is 0. The molecule has 0 fully saturated rings. The van der Waals surface area contributed by atoms with Gasteiger partial charge < -0.3 is 9.32 Å². The third-order valence-corrected chi connectivity index (χ3v) is 9.89. The Morgan fingerprint density at radius 3 is 1.52 bits per heavy atom. The van der Waals surface area contributed by atoms with Crippen LogP contribution in [0.4, 0.5) is 17.1 Å². The summed E-state index contributed by atoms with van der Waals surface area (Å²) < 4.78 is 6.95. The molecule has 0 bridgehead atoms. The van der Waals surface area contributed by atoms with E-state index in [1.165, 1.54) is 11.1 Å². The first-order chi connectivity index (χ1) is 26.8. The zero-order chi connectivity index (χ0) is 35.8. The number of aromatic nitrogens is 3. The van der Waals surface area contributed by atoms with Crippen molar-refractivity contribution in [2.45, 2.75) is 0 Å². The predicted molar refractivity (Wildman–Crippen MR) is 221 cm³/mol. The molecule has 5 nitrogen and oxygen atoms in total. The second kappa shape index (κ2) is 13.3. The predicted octanol–water partition coefficient (Wildman–Crippen LogP) is 13.1. The van der Waals surface area contributed by atoms with Crippen LogP contribution in [0.25, 0.3) is 78.0 Å². The van der Waals surface area contributed by atoms with Crippen molar-refractivity contribution in [1.82, 2.24) is 15.0 Å². The van der Waals surface area contributed by atoms with Crippen molar-refractivity contribution in [2.75, 3.05) is 4.90 Å². The van der Waals surface area contributed by atoms with Crippen LogP contribution in [-0.2, 0) is 0 Å². The van der Waals surface area contributed by atoms with Gasteiger partial charge in [-0.25, -0.2) is 15.0 Å². The fourth-order valence-electron chi connectivity index (χ4n) is 7.31. The zero-order valence-electron chi connectivity index (χ0n) is 29.2. The molecule has 0 spiro atoms. The fourth-order valence-corrected chi connectivity index (χ4v) is 7.31. The summed E-state index contributed by atoms with van der Waals surface area (Å²) in [6.07, 6.45) is 0. The van der Waals surface area contributed by atoms with Gasteiger partial charge in [0.05, 0.1) is 5.56 Å². The third kappa shape index (κ3) is 5.65. The molecule has 0 aliphatic rings. The highest BCUT2D eigenvalue weighted by molar-refractivity contribution is 6.22. The van der Waals surface area contributed by atoms with E-state index in [4.69, 9.17) is 19.4 Å². The maximum Gasteiger partial charge on any atom is 0.167 e. The van der Waals surface area contributed by atoms with E-state index in [0.717, 1.165) is 66.5 Å². The highest BCUT2D eigenvalue weighted by Gasteiger charge is 2.22. The topological polar surface area (TPSA) is 55.1 Å². The Kier molecular flexibility index (Phi) is 7.73. The normalized spacial score (nSPS) is 11.3. The standard InChI is InChI=1S/C49H32N4O/c1-5-15-33(16-6-1)34-25-27-39(28-26-34)53(38-22-11-4-12-23-38)40-29-30-42-44(32-40)54-46-43(31-37-21-13-14-24-41(37)45(42)46)49-51-47(35-17-7-2-8-18-35)50-48(52-49)36-19-9-3-10-20-36/h1-32H. The van der Waals surface area contributed by atoms with Gasteiger partial charge in [0.25, 0.3) is 0 Å². The Hall–Kier alpha value is -7.37. The van der Waals surface area contributed by atoms with Crippen molar-refractivity contribution in [3.63, 3.8) is 0 Å². The van der Waals surface area contributed by atoms with Gasteiger partial charge in [0.15, 0.2) is 17.5 Å². The molecule has 0 unspecified atom stereocenters. The van der Waals surface area contributed by atoms with E-state index in [1.54, 1.807) is 0 Å². The number of furan rings is 1. The van der Waals surface area contributed by atoms with Gasteiger partial charge in [0, 0.05) is 45.0 Å². The molecule has 0 amide bonds. The number of hydrogen-bond acceptors (Lipinski definition) is 5. The molecule has 0 radical (unpaired) electrons. The number of rotatable bonds is 7. The Morgan fingerprint density at radius 2 is 0.870 bits per heavy atom. The van der Waals surface area contributed by atoms with Gasteiger partial charge in [0.1, 0.15) is 11.2 Å². The second-order valence-corrected chi connectivity index (χ2v) is 13.3. The molecule has 5 heteroatoms. The maximum atomic E-state index is 6.95. The molecule has 8 aromatic carbocycles. The van der Waals surface area contributed by atoms with Crippen molar-refractivity contribution in [1.29, 1.82) is 0 Å². The molecule has 0 N–H and O–H groups in total. The zero-order valence-corrected chi connectivity index (χ0v) is 29.2. The molecule has 0 saturated heterocycles. The largest absolute Gasteiger partial charge is 0.455 e. The van der Waals surface area contributed by atoms with Crippen molar-refractivity contribution in [3.05, 3.63) is 194 Å². The molecule has 0 aliphatic heterocycles. The average molecular weight is 693 g/mol. The Balaban J connectivity index is 1.17. The number of hydrogen-bond donors (Lipinski definition) is 0.